The van der Waals surface area contributed by atoms with Gasteiger partial charge in [-0.25, -0.2) is 18.1 Å². The minimum absolute atomic E-state index is 0.135. The number of aliphatic hydroxyl groups excluding tert-OH is 1. The highest BCUT2D eigenvalue weighted by molar-refractivity contribution is 7.49. The highest BCUT2D eigenvalue weighted by Crippen LogP contribution is 2.55. The van der Waals surface area contributed by atoms with Crippen LogP contribution in [0.4, 0.5) is 23.4 Å². The molecular weight excluding hydrogens is 581 g/mol. The number of phosphoric acid groups is 1. The van der Waals surface area contributed by atoms with E-state index < -0.39 is 50.4 Å². The van der Waals surface area contributed by atoms with Gasteiger partial charge in [0.05, 0.1) is 20.8 Å². The van der Waals surface area contributed by atoms with Gasteiger partial charge in [0.2, 0.25) is 6.23 Å². The minimum atomic E-state index is -4.97. The fraction of sp³-hybridized carbons (Fsp3) is 0.333. The summed E-state index contributed by atoms with van der Waals surface area (Å²) in [5.74, 6) is -4.29. The lowest BCUT2D eigenvalue weighted by atomic mass is 9.96. The Morgan fingerprint density at radius 3 is 1.93 bits per heavy atom. The normalized spacial score (nSPS) is 22.0. The molecule has 3 N–H and O–H groups in total. The number of rotatable bonds is 11. The molecule has 1 aliphatic rings. The third kappa shape index (κ3) is 6.10. The molecule has 1 saturated heterocycles. The van der Waals surface area contributed by atoms with Crippen LogP contribution in [0.3, 0.4) is 0 Å². The molecule has 2 aromatic carbocycles. The Hall–Kier alpha value is -3.85. The van der Waals surface area contributed by atoms with Gasteiger partial charge in [0.15, 0.2) is 11.7 Å². The number of ether oxygens (including phenoxy) is 3. The van der Waals surface area contributed by atoms with Gasteiger partial charge >= 0.3 is 19.4 Å². The van der Waals surface area contributed by atoms with Crippen molar-refractivity contribution in [2.45, 2.75) is 30.3 Å². The Labute approximate surface area is 229 Å². The van der Waals surface area contributed by atoms with Gasteiger partial charge in [0.1, 0.15) is 28.8 Å². The number of benzene rings is 2. The lowest BCUT2D eigenvalue weighted by molar-refractivity contribution is -0.193. The van der Waals surface area contributed by atoms with Crippen LogP contribution in [0.5, 0.6) is 23.0 Å². The number of anilines is 1. The average molecular weight is 605 g/mol. The van der Waals surface area contributed by atoms with E-state index in [9.17, 15) is 23.2 Å². The van der Waals surface area contributed by atoms with Crippen LogP contribution in [0.1, 0.15) is 6.23 Å². The molecule has 0 bridgehead atoms. The van der Waals surface area contributed by atoms with Crippen LogP contribution in [0.2, 0.25) is 0 Å². The molecular formula is C24H24F4N3O9P. The molecule has 12 nitrogen and oxygen atoms in total. The fourth-order valence-corrected chi connectivity index (χ4v) is 5.05. The summed E-state index contributed by atoms with van der Waals surface area (Å²) in [7, 11) is -2.18. The summed E-state index contributed by atoms with van der Waals surface area (Å²) in [4.78, 5) is 15.4. The van der Waals surface area contributed by atoms with Crippen molar-refractivity contribution in [3.8, 4) is 23.0 Å². The Bertz CT molecular complexity index is 1410. The van der Waals surface area contributed by atoms with Gasteiger partial charge in [0.25, 0.3) is 6.43 Å². The monoisotopic (exact) mass is 605 g/mol. The quantitative estimate of drug-likeness (QED) is 0.243. The van der Waals surface area contributed by atoms with E-state index in [1.54, 1.807) is 0 Å². The first-order chi connectivity index (χ1) is 19.3. The van der Waals surface area contributed by atoms with E-state index in [0.717, 1.165) is 12.3 Å². The molecule has 0 spiro atoms. The second-order valence-electron chi connectivity index (χ2n) is 8.60. The van der Waals surface area contributed by atoms with Gasteiger partial charge in [-0.15, -0.1) is 0 Å². The zero-order valence-corrected chi connectivity index (χ0v) is 22.3. The van der Waals surface area contributed by atoms with Gasteiger partial charge in [-0.2, -0.15) is 13.8 Å². The van der Waals surface area contributed by atoms with Gasteiger partial charge < -0.3 is 34.1 Å². The number of aromatic nitrogens is 2. The molecule has 17 heteroatoms. The predicted octanol–water partition coefficient (Wildman–Crippen LogP) is 3.65. The van der Waals surface area contributed by atoms with E-state index in [2.05, 4.69) is 4.98 Å². The number of nitrogens with two attached hydrogens (primary N) is 1. The summed E-state index contributed by atoms with van der Waals surface area (Å²) in [6, 6.07) is 11.8. The molecule has 1 aromatic heterocycles. The van der Waals surface area contributed by atoms with E-state index in [1.165, 1.54) is 62.8 Å². The van der Waals surface area contributed by atoms with Crippen molar-refractivity contribution in [2.75, 3.05) is 26.6 Å². The predicted molar refractivity (Wildman–Crippen MR) is 134 cm³/mol. The van der Waals surface area contributed by atoms with E-state index in [-0.39, 0.29) is 21.9 Å². The molecule has 0 amide bonds. The molecule has 0 aliphatic carbocycles. The van der Waals surface area contributed by atoms with Crippen molar-refractivity contribution >= 4 is 13.6 Å². The number of aliphatic hydroxyl groups is 1. The standard InChI is InChI=1S/C24H24F4N3O9P/c1-35-14-3-7-16(8-4-14)39-41(34,40-17-9-5-15(36-2)6-10-17)37-13-23(20(25)26)19(32)24(27,28)21(38-23)31-12-11-18(29)30-22(31)33/h3-12,19-21,32H,13H2,1-2H3,(H2,29,30,33)/t19-,21-,23-/m1/s1. The van der Waals surface area contributed by atoms with Gasteiger partial charge in [-0.3, -0.25) is 9.09 Å². The van der Waals surface area contributed by atoms with Crippen molar-refractivity contribution in [2.24, 2.45) is 0 Å². The first-order valence-corrected chi connectivity index (χ1v) is 13.1. The molecule has 3 aromatic rings. The average Bonchev–Trinajstić information content (AvgIpc) is 3.14. The third-order valence-corrected chi connectivity index (χ3v) is 7.28. The highest BCUT2D eigenvalue weighted by Gasteiger charge is 2.71. The van der Waals surface area contributed by atoms with Crippen LogP contribution < -0.4 is 29.9 Å². The van der Waals surface area contributed by atoms with Gasteiger partial charge in [0, 0.05) is 6.20 Å². The number of halogens is 4. The third-order valence-electron chi connectivity index (χ3n) is 5.96. The Morgan fingerprint density at radius 1 is 1.00 bits per heavy atom. The van der Waals surface area contributed by atoms with Gasteiger partial charge in [-0.05, 0) is 54.6 Å². The SMILES string of the molecule is COc1ccc(OP(=O)(OC[C@@]2(C(F)F)O[C@@H](n3ccc(N)nc3=O)C(F)(F)[C@@H]2O)Oc2ccc(OC)cc2)cc1. The zero-order chi connectivity index (χ0) is 30.0. The molecule has 1 aliphatic heterocycles. The molecule has 1 fully saturated rings. The Morgan fingerprint density at radius 2 is 1.49 bits per heavy atom. The van der Waals surface area contributed by atoms with Crippen LogP contribution in [0, 0.1) is 0 Å². The largest absolute Gasteiger partial charge is 0.587 e. The van der Waals surface area contributed by atoms with E-state index in [0.29, 0.717) is 11.5 Å². The second-order valence-corrected chi connectivity index (χ2v) is 10.1. The number of hydrogen-bond donors (Lipinski definition) is 2. The maximum Gasteiger partial charge on any atom is 0.587 e. The Kier molecular flexibility index (Phi) is 8.49. The number of nitrogen functional groups attached to an aromatic ring is 1. The summed E-state index contributed by atoms with van der Waals surface area (Å²) in [6.45, 7) is -1.63. The molecule has 41 heavy (non-hydrogen) atoms. The van der Waals surface area contributed by atoms with Crippen LogP contribution in [-0.2, 0) is 13.8 Å². The maximum atomic E-state index is 15.1. The smallest absolute Gasteiger partial charge is 0.497 e. The van der Waals surface area contributed by atoms with E-state index in [1.807, 2.05) is 0 Å². The van der Waals surface area contributed by atoms with Crippen LogP contribution in [0.15, 0.2) is 65.6 Å². The molecule has 0 unspecified atom stereocenters. The maximum absolute atomic E-state index is 15.1. The highest BCUT2D eigenvalue weighted by atomic mass is 31.2. The van der Waals surface area contributed by atoms with Crippen molar-refractivity contribution < 1.29 is 55.0 Å². The first kappa shape index (κ1) is 30.1. The van der Waals surface area contributed by atoms with E-state index >= 15 is 8.78 Å². The zero-order valence-electron chi connectivity index (χ0n) is 21.4. The van der Waals surface area contributed by atoms with Crippen molar-refractivity contribution in [3.05, 3.63) is 71.3 Å². The summed E-state index contributed by atoms with van der Waals surface area (Å²) in [5, 5.41) is 10.4. The number of alkyl halides is 4. The lowest BCUT2D eigenvalue weighted by Gasteiger charge is -2.31. The number of hydrogen-bond acceptors (Lipinski definition) is 11. The molecule has 0 radical (unpaired) electrons. The van der Waals surface area contributed by atoms with Crippen molar-refractivity contribution in [1.29, 1.82) is 0 Å². The fourth-order valence-electron chi connectivity index (χ4n) is 3.79. The summed E-state index contributed by atoms with van der Waals surface area (Å²) >= 11 is 0. The van der Waals surface area contributed by atoms with Crippen LogP contribution in [-0.4, -0.2) is 59.5 Å². The molecule has 0 saturated carbocycles. The van der Waals surface area contributed by atoms with Crippen molar-refractivity contribution in [1.82, 2.24) is 9.55 Å². The topological polar surface area (TPSA) is 154 Å². The minimum Gasteiger partial charge on any atom is -0.497 e. The number of nitrogens with zero attached hydrogens (tertiary/aromatic N) is 2. The van der Waals surface area contributed by atoms with Gasteiger partial charge in [-0.1, -0.05) is 0 Å². The molecule has 3 atom stereocenters. The first-order valence-electron chi connectivity index (χ1n) is 11.6. The summed E-state index contributed by atoms with van der Waals surface area (Å²) in [6.07, 6.45) is -9.11. The number of phosphoric ester groups is 1. The van der Waals surface area contributed by atoms with E-state index in [4.69, 9.17) is 33.5 Å². The summed E-state index contributed by atoms with van der Waals surface area (Å²) in [5.41, 5.74) is 0.502. The molecule has 2 heterocycles. The second kappa shape index (κ2) is 11.6. The van der Waals surface area contributed by atoms with Crippen molar-refractivity contribution in [3.63, 3.8) is 0 Å². The lowest BCUT2D eigenvalue weighted by Crippen LogP contribution is -2.54. The summed E-state index contributed by atoms with van der Waals surface area (Å²) < 4.78 is 104. The van der Waals surface area contributed by atoms with Crippen LogP contribution >= 0.6 is 7.82 Å². The molecule has 4 rings (SSSR count). The Balaban J connectivity index is 1.67. The number of methoxy groups -OCH3 is 2. The van der Waals surface area contributed by atoms with Crippen LogP contribution in [0.25, 0.3) is 0 Å². The molecule has 222 valence electrons.